The smallest absolute Gasteiger partial charge is 0.415 e. The van der Waals surface area contributed by atoms with Crippen molar-refractivity contribution in [1.82, 2.24) is 9.69 Å². The van der Waals surface area contributed by atoms with Gasteiger partial charge in [0.05, 0.1) is 15.7 Å². The Labute approximate surface area is 220 Å². The fourth-order valence-electron chi connectivity index (χ4n) is 3.04. The molecule has 0 spiro atoms. The molecule has 0 saturated carbocycles. The zero-order chi connectivity index (χ0) is 25.3. The largest absolute Gasteiger partial charge is 0.444 e. The topological polar surface area (TPSA) is 80.8 Å². The van der Waals surface area contributed by atoms with E-state index in [2.05, 4.69) is 25.6 Å². The van der Waals surface area contributed by atoms with Gasteiger partial charge in [0.15, 0.2) is 0 Å². The molecule has 34 heavy (non-hydrogen) atoms. The maximum Gasteiger partial charge on any atom is 0.415 e. The van der Waals surface area contributed by atoms with Gasteiger partial charge in [-0.2, -0.15) is 4.37 Å². The predicted octanol–water partition coefficient (Wildman–Crippen LogP) is 7.58. The van der Waals surface area contributed by atoms with E-state index in [4.69, 9.17) is 9.47 Å². The molecule has 0 aliphatic carbocycles. The molecule has 1 N–H and O–H groups in total. The number of ether oxygens (including phenoxy) is 2. The number of amides is 2. The molecule has 3 aromatic rings. The molecule has 3 aromatic heterocycles. The molecule has 0 fully saturated rings. The molecule has 3 rings (SSSR count). The van der Waals surface area contributed by atoms with E-state index in [1.54, 1.807) is 27.6 Å². The van der Waals surface area contributed by atoms with Crippen LogP contribution in [0, 0.1) is 0 Å². The highest BCUT2D eigenvalue weighted by atomic mass is 79.9. The number of alkyl carbamates (subject to hydrolysis) is 1. The number of aromatic nitrogens is 1. The van der Waals surface area contributed by atoms with Crippen LogP contribution >= 0.6 is 50.1 Å². The van der Waals surface area contributed by atoms with E-state index < -0.39 is 23.4 Å². The van der Waals surface area contributed by atoms with E-state index in [1.165, 1.54) is 11.5 Å². The van der Waals surface area contributed by atoms with Crippen LogP contribution in [0.2, 0.25) is 0 Å². The number of carbonyl (C=O) groups excluding carboxylic acids is 2. The van der Waals surface area contributed by atoms with E-state index in [0.717, 1.165) is 29.4 Å². The zero-order valence-electron chi connectivity index (χ0n) is 20.4. The van der Waals surface area contributed by atoms with Crippen molar-refractivity contribution in [2.45, 2.75) is 78.7 Å². The molecule has 186 valence electrons. The van der Waals surface area contributed by atoms with Crippen molar-refractivity contribution < 1.29 is 19.1 Å². The molecule has 11 heteroatoms. The van der Waals surface area contributed by atoms with Crippen molar-refractivity contribution in [3.63, 3.8) is 0 Å². The number of carbonyl (C=O) groups is 2. The average molecular weight is 589 g/mol. The van der Waals surface area contributed by atoms with Gasteiger partial charge < -0.3 is 14.8 Å². The van der Waals surface area contributed by atoms with Crippen LogP contribution in [0.15, 0.2) is 22.0 Å². The summed E-state index contributed by atoms with van der Waals surface area (Å²) < 4.78 is 17.5. The highest BCUT2D eigenvalue weighted by Gasteiger charge is 2.29. The summed E-state index contributed by atoms with van der Waals surface area (Å²) in [5.41, 5.74) is -0.357. The molecular formula is C23H30BrN3O4S3. The number of nitrogens with one attached hydrogen (secondary N) is 1. The summed E-state index contributed by atoms with van der Waals surface area (Å²) in [7, 11) is 0. The number of hydrogen-bond donors (Lipinski definition) is 1. The van der Waals surface area contributed by atoms with Crippen LogP contribution in [-0.2, 0) is 22.4 Å². The highest BCUT2D eigenvalue weighted by Crippen LogP contribution is 2.44. The molecule has 0 unspecified atom stereocenters. The van der Waals surface area contributed by atoms with Crippen molar-refractivity contribution in [3.05, 3.63) is 31.7 Å². The van der Waals surface area contributed by atoms with Gasteiger partial charge in [-0.15, -0.1) is 22.7 Å². The molecule has 0 aliphatic rings. The first kappa shape index (κ1) is 26.9. The third kappa shape index (κ3) is 7.16. The van der Waals surface area contributed by atoms with Gasteiger partial charge in [0.1, 0.15) is 21.7 Å². The van der Waals surface area contributed by atoms with Crippen LogP contribution < -0.4 is 10.2 Å². The minimum absolute atomic E-state index is 0.144. The summed E-state index contributed by atoms with van der Waals surface area (Å²) in [4.78, 5) is 29.0. The average Bonchev–Trinajstić information content (AvgIpc) is 3.36. The second-order valence-corrected chi connectivity index (χ2v) is 13.6. The Bertz CT molecular complexity index is 1140. The van der Waals surface area contributed by atoms with Crippen molar-refractivity contribution >= 4 is 77.5 Å². The van der Waals surface area contributed by atoms with Crippen LogP contribution in [0.5, 0.6) is 0 Å². The van der Waals surface area contributed by atoms with E-state index in [9.17, 15) is 9.59 Å². The second-order valence-electron chi connectivity index (χ2n) is 9.90. The normalized spacial score (nSPS) is 13.1. The van der Waals surface area contributed by atoms with Crippen molar-refractivity contribution in [1.29, 1.82) is 0 Å². The first-order chi connectivity index (χ1) is 15.7. The number of fused-ring (bicyclic) bond motifs is 1. The molecule has 0 radical (unpaired) electrons. The third-order valence-electron chi connectivity index (χ3n) is 4.32. The van der Waals surface area contributed by atoms with Crippen LogP contribution in [-0.4, -0.2) is 33.8 Å². The third-order valence-corrected chi connectivity index (χ3v) is 8.50. The first-order valence-corrected chi connectivity index (χ1v) is 14.1. The molecule has 3 heterocycles. The Hall–Kier alpha value is -1.69. The number of halogens is 1. The summed E-state index contributed by atoms with van der Waals surface area (Å²) in [6.45, 7) is 13.4. The summed E-state index contributed by atoms with van der Waals surface area (Å²) >= 11 is 8.12. The number of thiophene rings is 2. The van der Waals surface area contributed by atoms with E-state index in [1.807, 2.05) is 66.0 Å². The quantitative estimate of drug-likeness (QED) is 0.321. The van der Waals surface area contributed by atoms with Crippen molar-refractivity contribution in [2.24, 2.45) is 0 Å². The van der Waals surface area contributed by atoms with E-state index >= 15 is 0 Å². The van der Waals surface area contributed by atoms with Gasteiger partial charge in [-0.3, -0.25) is 4.90 Å². The standard InChI is InChI=1S/C23H30BrN3O4S3/c1-13(25-20(28)30-22(2,3)4)11-15-16(24)17-18(33-15)19(34-26-17)27(12-14-9-8-10-32-14)21(29)31-23(5,6)7/h8-10,13H,11-12H2,1-7H3,(H,25,28)/t13-/m0/s1. The Morgan fingerprint density at radius 1 is 1.18 bits per heavy atom. The molecule has 1 atom stereocenters. The van der Waals surface area contributed by atoms with E-state index in [-0.39, 0.29) is 6.04 Å². The molecule has 2 amide bonds. The fraction of sp³-hybridized carbons (Fsp3) is 0.522. The first-order valence-electron chi connectivity index (χ1n) is 10.8. The summed E-state index contributed by atoms with van der Waals surface area (Å²) in [5, 5.41) is 5.63. The lowest BCUT2D eigenvalue weighted by atomic mass is 10.2. The summed E-state index contributed by atoms with van der Waals surface area (Å²) in [5.74, 6) is 0. The summed E-state index contributed by atoms with van der Waals surface area (Å²) in [6, 6.07) is 3.82. The number of rotatable bonds is 6. The Morgan fingerprint density at radius 3 is 2.44 bits per heavy atom. The highest BCUT2D eigenvalue weighted by molar-refractivity contribution is 9.10. The molecular weight excluding hydrogens is 558 g/mol. The minimum Gasteiger partial charge on any atom is -0.444 e. The molecule has 0 aliphatic heterocycles. The Morgan fingerprint density at radius 2 is 1.85 bits per heavy atom. The van der Waals surface area contributed by atoms with Gasteiger partial charge in [-0.25, -0.2) is 9.59 Å². The number of nitrogens with zero attached hydrogens (tertiary/aromatic N) is 2. The van der Waals surface area contributed by atoms with Gasteiger partial charge in [-0.05, 0) is 87.4 Å². The molecule has 0 aromatic carbocycles. The van der Waals surface area contributed by atoms with Crippen LogP contribution in [0.25, 0.3) is 10.2 Å². The molecule has 7 nitrogen and oxygen atoms in total. The predicted molar refractivity (Wildman–Crippen MR) is 144 cm³/mol. The lowest BCUT2D eigenvalue weighted by Gasteiger charge is -2.26. The van der Waals surface area contributed by atoms with Crippen LogP contribution in [0.4, 0.5) is 14.6 Å². The maximum absolute atomic E-state index is 13.2. The second kappa shape index (κ2) is 10.5. The maximum atomic E-state index is 13.2. The minimum atomic E-state index is -0.613. The van der Waals surface area contributed by atoms with Gasteiger partial charge in [0, 0.05) is 22.2 Å². The lowest BCUT2D eigenvalue weighted by molar-refractivity contribution is 0.0507. The number of hydrogen-bond acceptors (Lipinski definition) is 8. The molecule has 0 saturated heterocycles. The van der Waals surface area contributed by atoms with Crippen molar-refractivity contribution in [2.75, 3.05) is 4.90 Å². The Balaban J connectivity index is 1.86. The number of anilines is 1. The van der Waals surface area contributed by atoms with Crippen LogP contribution in [0.1, 0.15) is 58.2 Å². The van der Waals surface area contributed by atoms with Gasteiger partial charge in [0.25, 0.3) is 0 Å². The van der Waals surface area contributed by atoms with Gasteiger partial charge >= 0.3 is 12.2 Å². The fourth-order valence-corrected chi connectivity index (χ4v) is 6.95. The lowest BCUT2D eigenvalue weighted by Crippen LogP contribution is -2.38. The van der Waals surface area contributed by atoms with Crippen LogP contribution in [0.3, 0.4) is 0 Å². The monoisotopic (exact) mass is 587 g/mol. The summed E-state index contributed by atoms with van der Waals surface area (Å²) in [6.07, 6.45) is -0.250. The van der Waals surface area contributed by atoms with Gasteiger partial charge in [0.2, 0.25) is 0 Å². The van der Waals surface area contributed by atoms with Gasteiger partial charge in [-0.1, -0.05) is 6.07 Å². The van der Waals surface area contributed by atoms with E-state index in [0.29, 0.717) is 13.0 Å². The zero-order valence-corrected chi connectivity index (χ0v) is 24.4. The van der Waals surface area contributed by atoms with Crippen molar-refractivity contribution in [3.8, 4) is 0 Å². The molecule has 0 bridgehead atoms. The Kier molecular flexibility index (Phi) is 8.32. The SMILES string of the molecule is C[C@@H](Cc1sc2c(N(Cc3cccs3)C(=O)OC(C)(C)C)snc2c1Br)NC(=O)OC(C)(C)C.